The van der Waals surface area contributed by atoms with Crippen LogP contribution in [0.25, 0.3) is 11.2 Å². The van der Waals surface area contributed by atoms with E-state index in [4.69, 9.17) is 0 Å². The summed E-state index contributed by atoms with van der Waals surface area (Å²) in [6.07, 6.45) is 1.16. The van der Waals surface area contributed by atoms with Gasteiger partial charge in [-0.3, -0.25) is 13.9 Å². The van der Waals surface area contributed by atoms with Crippen LogP contribution in [0, 0.1) is 20.8 Å². The Hall–Kier alpha value is -2.72. The quantitative estimate of drug-likeness (QED) is 0.656. The summed E-state index contributed by atoms with van der Waals surface area (Å²) in [6.45, 7) is 6.45. The number of imidazole rings is 1. The van der Waals surface area contributed by atoms with Crippen LogP contribution in [-0.4, -0.2) is 44.9 Å². The lowest BCUT2D eigenvalue weighted by atomic mass is 9.97. The fraction of sp³-hybridized carbons (Fsp3) is 0.476. The molecule has 3 aromatic rings. The Labute approximate surface area is 180 Å². The van der Waals surface area contributed by atoms with Crippen molar-refractivity contribution in [2.75, 3.05) is 13.1 Å². The molecule has 1 aliphatic heterocycles. The number of benzene rings is 1. The molecule has 0 atom stereocenters. The molecule has 1 aliphatic rings. The monoisotopic (exact) mass is 445 g/mol. The highest BCUT2D eigenvalue weighted by Crippen LogP contribution is 2.31. The molecule has 31 heavy (non-hydrogen) atoms. The van der Waals surface area contributed by atoms with Crippen molar-refractivity contribution in [2.45, 2.75) is 44.4 Å². The Bertz CT molecular complexity index is 1410. The molecule has 1 N–H and O–H groups in total. The van der Waals surface area contributed by atoms with Crippen LogP contribution in [0.2, 0.25) is 0 Å². The minimum atomic E-state index is -3.58. The van der Waals surface area contributed by atoms with Crippen molar-refractivity contribution in [1.29, 1.82) is 0 Å². The number of rotatable bonds is 3. The number of nitrogens with zero attached hydrogens (tertiary/aromatic N) is 4. The maximum atomic E-state index is 13.2. The van der Waals surface area contributed by atoms with Gasteiger partial charge >= 0.3 is 5.69 Å². The number of sulfonamides is 1. The largest absolute Gasteiger partial charge is 0.336 e. The molecular formula is C21H27N5O4S. The highest BCUT2D eigenvalue weighted by molar-refractivity contribution is 7.89. The lowest BCUT2D eigenvalue weighted by molar-refractivity contribution is 0.314. The molecule has 9 nitrogen and oxygen atoms in total. The lowest BCUT2D eigenvalue weighted by Crippen LogP contribution is -2.38. The van der Waals surface area contributed by atoms with Gasteiger partial charge in [0.15, 0.2) is 5.65 Å². The minimum Gasteiger partial charge on any atom is -0.336 e. The first-order chi connectivity index (χ1) is 14.5. The molecule has 1 saturated heterocycles. The third-order valence-corrected chi connectivity index (χ3v) is 8.40. The smallest absolute Gasteiger partial charge is 0.332 e. The molecule has 1 aromatic carbocycles. The van der Waals surface area contributed by atoms with Gasteiger partial charge < -0.3 is 4.98 Å². The number of aromatic nitrogens is 4. The van der Waals surface area contributed by atoms with Crippen molar-refractivity contribution in [3.63, 3.8) is 0 Å². The average molecular weight is 446 g/mol. The summed E-state index contributed by atoms with van der Waals surface area (Å²) >= 11 is 0. The van der Waals surface area contributed by atoms with E-state index in [9.17, 15) is 18.0 Å². The van der Waals surface area contributed by atoms with Gasteiger partial charge in [-0.1, -0.05) is 6.07 Å². The predicted molar refractivity (Wildman–Crippen MR) is 118 cm³/mol. The van der Waals surface area contributed by atoms with Crippen LogP contribution < -0.4 is 11.2 Å². The average Bonchev–Trinajstić information content (AvgIpc) is 3.19. The van der Waals surface area contributed by atoms with Crippen molar-refractivity contribution in [3.05, 3.63) is 55.5 Å². The second kappa shape index (κ2) is 7.45. The van der Waals surface area contributed by atoms with E-state index in [0.717, 1.165) is 21.3 Å². The fourth-order valence-corrected chi connectivity index (χ4v) is 6.02. The molecule has 3 heterocycles. The van der Waals surface area contributed by atoms with E-state index in [1.807, 2.05) is 26.8 Å². The zero-order valence-electron chi connectivity index (χ0n) is 18.4. The number of aromatic amines is 1. The number of hydrogen-bond acceptors (Lipinski definition) is 5. The van der Waals surface area contributed by atoms with Crippen LogP contribution in [0.3, 0.4) is 0 Å². The molecule has 0 bridgehead atoms. The van der Waals surface area contributed by atoms with Crippen molar-refractivity contribution in [1.82, 2.24) is 23.4 Å². The summed E-state index contributed by atoms with van der Waals surface area (Å²) in [6, 6.07) is 3.66. The summed E-state index contributed by atoms with van der Waals surface area (Å²) < 4.78 is 30.4. The van der Waals surface area contributed by atoms with Gasteiger partial charge in [-0.2, -0.15) is 4.31 Å². The summed E-state index contributed by atoms with van der Waals surface area (Å²) in [5.74, 6) is 0.604. The molecular weight excluding hydrogens is 418 g/mol. The van der Waals surface area contributed by atoms with Crippen molar-refractivity contribution in [3.8, 4) is 0 Å². The van der Waals surface area contributed by atoms with Crippen molar-refractivity contribution < 1.29 is 8.42 Å². The number of fused-ring (bicyclic) bond motifs is 1. The lowest BCUT2D eigenvalue weighted by Gasteiger charge is -2.30. The minimum absolute atomic E-state index is 0.0143. The number of aryl methyl sites for hydroxylation is 4. The summed E-state index contributed by atoms with van der Waals surface area (Å²) in [7, 11) is -0.570. The van der Waals surface area contributed by atoms with Crippen LogP contribution in [0.4, 0.5) is 0 Å². The molecule has 0 saturated carbocycles. The van der Waals surface area contributed by atoms with Gasteiger partial charge in [0.2, 0.25) is 10.0 Å². The van der Waals surface area contributed by atoms with E-state index in [2.05, 4.69) is 9.97 Å². The molecule has 0 unspecified atom stereocenters. The third kappa shape index (κ3) is 3.43. The van der Waals surface area contributed by atoms with Gasteiger partial charge in [0.05, 0.1) is 4.90 Å². The Morgan fingerprint density at radius 3 is 2.23 bits per heavy atom. The Kier molecular flexibility index (Phi) is 5.17. The number of hydrogen-bond donors (Lipinski definition) is 1. The van der Waals surface area contributed by atoms with E-state index in [1.165, 1.54) is 15.9 Å². The first-order valence-corrected chi connectivity index (χ1v) is 11.7. The van der Waals surface area contributed by atoms with Gasteiger partial charge in [-0.25, -0.2) is 18.2 Å². The van der Waals surface area contributed by atoms with Gasteiger partial charge in [0, 0.05) is 33.1 Å². The molecule has 10 heteroatoms. The molecule has 1 fully saturated rings. The van der Waals surface area contributed by atoms with Crippen LogP contribution in [0.1, 0.15) is 41.3 Å². The molecule has 166 valence electrons. The fourth-order valence-electron chi connectivity index (χ4n) is 4.26. The highest BCUT2D eigenvalue weighted by atomic mass is 32.2. The molecule has 0 amide bonds. The number of piperidine rings is 1. The van der Waals surface area contributed by atoms with Crippen LogP contribution in [0.15, 0.2) is 26.6 Å². The second-order valence-corrected chi connectivity index (χ2v) is 10.3. The van der Waals surface area contributed by atoms with E-state index >= 15 is 0 Å². The van der Waals surface area contributed by atoms with Gasteiger partial charge in [-0.15, -0.1) is 0 Å². The standard InChI is InChI=1S/C21H27N5O4S/c1-12-10-14(3)16(11-13(12)2)31(29,30)26-8-6-15(7-9-26)18-22-17-19(23-18)24(4)21(28)25(5)20(17)27/h10-11,15H,6-9H2,1-5H3,(H,22,23). The van der Waals surface area contributed by atoms with Crippen LogP contribution >= 0.6 is 0 Å². The molecule has 0 aliphatic carbocycles. The Morgan fingerprint density at radius 1 is 0.968 bits per heavy atom. The normalized spacial score (nSPS) is 16.3. The highest BCUT2D eigenvalue weighted by Gasteiger charge is 2.32. The maximum Gasteiger partial charge on any atom is 0.332 e. The second-order valence-electron chi connectivity index (χ2n) is 8.41. The summed E-state index contributed by atoms with van der Waals surface area (Å²) in [4.78, 5) is 32.5. The molecule has 0 spiro atoms. The molecule has 4 rings (SSSR count). The Balaban J connectivity index is 1.60. The van der Waals surface area contributed by atoms with E-state index in [1.54, 1.807) is 13.1 Å². The van der Waals surface area contributed by atoms with Crippen LogP contribution in [0.5, 0.6) is 0 Å². The third-order valence-electron chi connectivity index (χ3n) is 6.36. The SMILES string of the molecule is Cc1cc(C)c(S(=O)(=O)N2CCC(c3nc4c([nH]3)c(=O)n(C)c(=O)n4C)CC2)cc1C. The number of H-pyrrole nitrogens is 1. The van der Waals surface area contributed by atoms with E-state index in [-0.39, 0.29) is 5.92 Å². The topological polar surface area (TPSA) is 110 Å². The first kappa shape index (κ1) is 21.5. The molecule has 2 aromatic heterocycles. The maximum absolute atomic E-state index is 13.2. The summed E-state index contributed by atoms with van der Waals surface area (Å²) in [5.41, 5.74) is 2.54. The van der Waals surface area contributed by atoms with Gasteiger partial charge in [-0.05, 0) is 56.4 Å². The van der Waals surface area contributed by atoms with E-state index < -0.39 is 21.3 Å². The van der Waals surface area contributed by atoms with Gasteiger partial charge in [0.25, 0.3) is 5.56 Å². The Morgan fingerprint density at radius 2 is 1.58 bits per heavy atom. The van der Waals surface area contributed by atoms with Crippen molar-refractivity contribution >= 4 is 21.2 Å². The van der Waals surface area contributed by atoms with Crippen LogP contribution in [-0.2, 0) is 24.1 Å². The predicted octanol–water partition coefficient (Wildman–Crippen LogP) is 1.45. The zero-order valence-corrected chi connectivity index (χ0v) is 19.2. The number of nitrogens with one attached hydrogen (secondary N) is 1. The first-order valence-electron chi connectivity index (χ1n) is 10.3. The van der Waals surface area contributed by atoms with E-state index in [0.29, 0.717) is 47.8 Å². The summed E-state index contributed by atoms with van der Waals surface area (Å²) in [5, 5.41) is 0. The molecule has 0 radical (unpaired) electrons. The van der Waals surface area contributed by atoms with Crippen molar-refractivity contribution in [2.24, 2.45) is 14.1 Å². The zero-order chi connectivity index (χ0) is 22.7. The van der Waals surface area contributed by atoms with Gasteiger partial charge in [0.1, 0.15) is 11.3 Å².